The number of methoxy groups -OCH3 is 1. The van der Waals surface area contributed by atoms with Crippen LogP contribution in [-0.4, -0.2) is 45.0 Å². The first-order valence-electron chi connectivity index (χ1n) is 9.41. The average molecular weight is 412 g/mol. The first kappa shape index (κ1) is 20.9. The summed E-state index contributed by atoms with van der Waals surface area (Å²) < 4.78 is 6.84. The molecule has 1 amide bonds. The van der Waals surface area contributed by atoms with Gasteiger partial charge < -0.3 is 10.1 Å². The Bertz CT molecular complexity index is 971. The zero-order valence-corrected chi connectivity index (χ0v) is 17.9. The number of nitrogens with one attached hydrogen (secondary N) is 1. The van der Waals surface area contributed by atoms with Crippen LogP contribution < -0.4 is 10.1 Å². The SMILES string of the molecule is COc1ccc(CCNC(=O)[C@H](C)Sc2nnnn2-c2ccc(C)cc2C)cc1. The van der Waals surface area contributed by atoms with Gasteiger partial charge in [0.05, 0.1) is 18.0 Å². The van der Waals surface area contributed by atoms with E-state index < -0.39 is 0 Å². The molecule has 2 aromatic carbocycles. The second-order valence-electron chi connectivity index (χ2n) is 6.81. The van der Waals surface area contributed by atoms with Gasteiger partial charge in [-0.2, -0.15) is 4.68 Å². The van der Waals surface area contributed by atoms with Crippen LogP contribution in [0.1, 0.15) is 23.6 Å². The first-order valence-corrected chi connectivity index (χ1v) is 10.3. The molecule has 0 unspecified atom stereocenters. The number of tetrazole rings is 1. The van der Waals surface area contributed by atoms with Crippen LogP contribution in [0.4, 0.5) is 0 Å². The molecule has 1 atom stereocenters. The molecule has 3 rings (SSSR count). The molecule has 1 N–H and O–H groups in total. The van der Waals surface area contributed by atoms with Gasteiger partial charge in [0, 0.05) is 6.54 Å². The lowest BCUT2D eigenvalue weighted by Gasteiger charge is -2.13. The summed E-state index contributed by atoms with van der Waals surface area (Å²) in [6, 6.07) is 13.9. The number of carbonyl (C=O) groups is 1. The number of hydrogen-bond donors (Lipinski definition) is 1. The largest absolute Gasteiger partial charge is 0.497 e. The Morgan fingerprint density at radius 2 is 1.97 bits per heavy atom. The second kappa shape index (κ2) is 9.56. The normalized spacial score (nSPS) is 11.9. The summed E-state index contributed by atoms with van der Waals surface area (Å²) in [5, 5.41) is 15.2. The smallest absolute Gasteiger partial charge is 0.233 e. The summed E-state index contributed by atoms with van der Waals surface area (Å²) in [6.07, 6.45) is 0.757. The summed E-state index contributed by atoms with van der Waals surface area (Å²) in [4.78, 5) is 12.5. The Balaban J connectivity index is 1.56. The van der Waals surface area contributed by atoms with Crippen LogP contribution in [-0.2, 0) is 11.2 Å². The van der Waals surface area contributed by atoms with E-state index in [1.807, 2.05) is 57.2 Å². The van der Waals surface area contributed by atoms with Crippen LogP contribution in [0.15, 0.2) is 47.6 Å². The fraction of sp³-hybridized carbons (Fsp3) is 0.333. The van der Waals surface area contributed by atoms with Crippen molar-refractivity contribution in [2.45, 2.75) is 37.6 Å². The van der Waals surface area contributed by atoms with Gasteiger partial charge in [0.25, 0.3) is 0 Å². The summed E-state index contributed by atoms with van der Waals surface area (Å²) in [5.74, 6) is 0.781. The maximum Gasteiger partial charge on any atom is 0.233 e. The number of benzene rings is 2. The van der Waals surface area contributed by atoms with Crippen LogP contribution in [0.2, 0.25) is 0 Å². The van der Waals surface area contributed by atoms with E-state index in [9.17, 15) is 4.79 Å². The lowest BCUT2D eigenvalue weighted by molar-refractivity contribution is -0.120. The lowest BCUT2D eigenvalue weighted by Crippen LogP contribution is -2.32. The van der Waals surface area contributed by atoms with Crippen molar-refractivity contribution >= 4 is 17.7 Å². The van der Waals surface area contributed by atoms with Crippen molar-refractivity contribution in [2.75, 3.05) is 13.7 Å². The van der Waals surface area contributed by atoms with Crippen molar-refractivity contribution in [1.82, 2.24) is 25.5 Å². The van der Waals surface area contributed by atoms with Crippen molar-refractivity contribution in [1.29, 1.82) is 0 Å². The third-order valence-electron chi connectivity index (χ3n) is 4.54. The van der Waals surface area contributed by atoms with Crippen LogP contribution in [0.25, 0.3) is 5.69 Å². The molecular formula is C21H25N5O2S. The number of rotatable bonds is 8. The third-order valence-corrected chi connectivity index (χ3v) is 5.58. The van der Waals surface area contributed by atoms with Crippen LogP contribution in [0.5, 0.6) is 5.75 Å². The highest BCUT2D eigenvalue weighted by molar-refractivity contribution is 8.00. The summed E-state index contributed by atoms with van der Waals surface area (Å²) in [7, 11) is 1.64. The van der Waals surface area contributed by atoms with Crippen LogP contribution in [0, 0.1) is 13.8 Å². The molecule has 0 aliphatic heterocycles. The molecule has 0 fully saturated rings. The maximum absolute atomic E-state index is 12.5. The fourth-order valence-corrected chi connectivity index (χ4v) is 3.75. The highest BCUT2D eigenvalue weighted by Gasteiger charge is 2.19. The monoisotopic (exact) mass is 411 g/mol. The van der Waals surface area contributed by atoms with E-state index in [2.05, 4.69) is 26.9 Å². The number of aromatic nitrogens is 4. The number of hydrogen-bond acceptors (Lipinski definition) is 6. The van der Waals surface area contributed by atoms with E-state index in [-0.39, 0.29) is 11.2 Å². The summed E-state index contributed by atoms with van der Waals surface area (Å²) in [6.45, 7) is 6.49. The van der Waals surface area contributed by atoms with Crippen LogP contribution in [0.3, 0.4) is 0 Å². The molecule has 0 saturated heterocycles. The van der Waals surface area contributed by atoms with E-state index in [0.717, 1.165) is 29.0 Å². The van der Waals surface area contributed by atoms with Gasteiger partial charge in [-0.25, -0.2) is 0 Å². The number of aryl methyl sites for hydroxylation is 2. The van der Waals surface area contributed by atoms with Crippen molar-refractivity contribution in [3.8, 4) is 11.4 Å². The highest BCUT2D eigenvalue weighted by atomic mass is 32.2. The number of carbonyl (C=O) groups excluding carboxylic acids is 1. The van der Waals surface area contributed by atoms with Crippen molar-refractivity contribution in [3.05, 3.63) is 59.2 Å². The van der Waals surface area contributed by atoms with Gasteiger partial charge in [-0.1, -0.05) is 41.6 Å². The molecule has 1 aromatic heterocycles. The minimum atomic E-state index is -0.318. The molecule has 1 heterocycles. The topological polar surface area (TPSA) is 81.9 Å². The van der Waals surface area contributed by atoms with Gasteiger partial charge in [-0.3, -0.25) is 4.79 Å². The third kappa shape index (κ3) is 5.35. The minimum absolute atomic E-state index is 0.0429. The standard InChI is InChI=1S/C21H25N5O2S/c1-14-5-10-19(15(2)13-14)26-21(23-24-25-26)29-16(3)20(27)22-12-11-17-6-8-18(28-4)9-7-17/h5-10,13,16H,11-12H2,1-4H3,(H,22,27)/t16-/m0/s1. The first-order chi connectivity index (χ1) is 14.0. The molecule has 0 bridgehead atoms. The Morgan fingerprint density at radius 1 is 1.21 bits per heavy atom. The fourth-order valence-electron chi connectivity index (χ4n) is 2.92. The summed E-state index contributed by atoms with van der Waals surface area (Å²) >= 11 is 1.34. The molecular weight excluding hydrogens is 386 g/mol. The van der Waals surface area contributed by atoms with Gasteiger partial charge in [-0.05, 0) is 66.9 Å². The van der Waals surface area contributed by atoms with E-state index in [1.54, 1.807) is 11.8 Å². The summed E-state index contributed by atoms with van der Waals surface area (Å²) in [5.41, 5.74) is 4.31. The minimum Gasteiger partial charge on any atom is -0.497 e. The lowest BCUT2D eigenvalue weighted by atomic mass is 10.1. The number of nitrogens with zero attached hydrogens (tertiary/aromatic N) is 4. The van der Waals surface area contributed by atoms with Gasteiger partial charge in [0.15, 0.2) is 0 Å². The molecule has 8 heteroatoms. The molecule has 152 valence electrons. The molecule has 3 aromatic rings. The van der Waals surface area contributed by atoms with Gasteiger partial charge in [-0.15, -0.1) is 5.10 Å². The zero-order chi connectivity index (χ0) is 20.8. The number of thioether (sulfide) groups is 1. The molecule has 0 radical (unpaired) electrons. The molecule has 7 nitrogen and oxygen atoms in total. The number of amides is 1. The van der Waals surface area contributed by atoms with Gasteiger partial charge in [0.2, 0.25) is 11.1 Å². The predicted molar refractivity (Wildman–Crippen MR) is 114 cm³/mol. The number of ether oxygens (including phenoxy) is 1. The molecule has 0 aliphatic rings. The molecule has 0 spiro atoms. The Labute approximate surface area is 174 Å². The maximum atomic E-state index is 12.5. The van der Waals surface area contributed by atoms with Gasteiger partial charge >= 0.3 is 0 Å². The Morgan fingerprint density at radius 3 is 2.66 bits per heavy atom. The Kier molecular flexibility index (Phi) is 6.87. The van der Waals surface area contributed by atoms with Crippen molar-refractivity contribution in [2.24, 2.45) is 0 Å². The second-order valence-corrected chi connectivity index (χ2v) is 8.12. The highest BCUT2D eigenvalue weighted by Crippen LogP contribution is 2.24. The van der Waals surface area contributed by atoms with Gasteiger partial charge in [0.1, 0.15) is 5.75 Å². The van der Waals surface area contributed by atoms with Crippen molar-refractivity contribution < 1.29 is 9.53 Å². The van der Waals surface area contributed by atoms with E-state index in [4.69, 9.17) is 4.74 Å². The van der Waals surface area contributed by atoms with Crippen molar-refractivity contribution in [3.63, 3.8) is 0 Å². The molecule has 0 saturated carbocycles. The van der Waals surface area contributed by atoms with E-state index in [1.165, 1.54) is 17.3 Å². The predicted octanol–water partition coefficient (Wildman–Crippen LogP) is 3.13. The molecule has 29 heavy (non-hydrogen) atoms. The van der Waals surface area contributed by atoms with E-state index in [0.29, 0.717) is 11.7 Å². The molecule has 0 aliphatic carbocycles. The quantitative estimate of drug-likeness (QED) is 0.574. The van der Waals surface area contributed by atoms with E-state index >= 15 is 0 Å². The average Bonchev–Trinajstić information content (AvgIpc) is 3.16. The zero-order valence-electron chi connectivity index (χ0n) is 17.0. The Hall–Kier alpha value is -2.87. The van der Waals surface area contributed by atoms with Crippen LogP contribution >= 0.6 is 11.8 Å².